The van der Waals surface area contributed by atoms with Crippen molar-refractivity contribution in [2.24, 2.45) is 0 Å². The van der Waals surface area contributed by atoms with Crippen LogP contribution in [0.25, 0.3) is 0 Å². The minimum absolute atomic E-state index is 0.351. The van der Waals surface area contributed by atoms with Gasteiger partial charge in [-0.25, -0.2) is 0 Å². The lowest BCUT2D eigenvalue weighted by Gasteiger charge is -2.17. The Morgan fingerprint density at radius 1 is 0.632 bits per heavy atom. The summed E-state index contributed by atoms with van der Waals surface area (Å²) < 4.78 is -1.53. The molecule has 19 heavy (non-hydrogen) atoms. The maximum absolute atomic E-state index is 4.69. The van der Waals surface area contributed by atoms with Crippen molar-refractivity contribution in [1.29, 1.82) is 0 Å². The number of rotatable bonds is 12. The Kier molecular flexibility index (Phi) is 14.8. The summed E-state index contributed by atoms with van der Waals surface area (Å²) in [5, 5.41) is 0. The first-order chi connectivity index (χ1) is 9.02. The van der Waals surface area contributed by atoms with Crippen molar-refractivity contribution >= 4 is 50.5 Å². The van der Waals surface area contributed by atoms with Gasteiger partial charge in [-0.05, 0) is 24.3 Å². The number of hydrogen-bond acceptors (Lipinski definition) is 0. The smallest absolute Gasteiger partial charge is 0.0620 e. The van der Waals surface area contributed by atoms with Crippen molar-refractivity contribution in [3.8, 4) is 0 Å². The highest BCUT2D eigenvalue weighted by molar-refractivity contribution is 9.17. The minimum Gasteiger partial charge on any atom is -0.163 e. The predicted octanol–water partition coefficient (Wildman–Crippen LogP) is 7.01. The number of unbranched alkanes of at least 4 members (excludes halogenated alkanes) is 8. The van der Waals surface area contributed by atoms with Crippen LogP contribution in [0.4, 0.5) is 0 Å². The molecule has 0 aromatic heterocycles. The zero-order chi connectivity index (χ0) is 14.6. The summed E-state index contributed by atoms with van der Waals surface area (Å²) in [7, 11) is 0.351. The lowest BCUT2D eigenvalue weighted by atomic mass is 10.2. The van der Waals surface area contributed by atoms with Gasteiger partial charge in [0.2, 0.25) is 0 Å². The highest BCUT2D eigenvalue weighted by atomic mass is 33.5. The van der Waals surface area contributed by atoms with Gasteiger partial charge in [0, 0.05) is 0 Å². The summed E-state index contributed by atoms with van der Waals surface area (Å²) in [6, 6.07) is 0. The normalized spacial score (nSPS) is 12.3. The highest BCUT2D eigenvalue weighted by Crippen LogP contribution is 2.65. The van der Waals surface area contributed by atoms with Crippen LogP contribution in [0.2, 0.25) is 0 Å². The molecule has 118 valence electrons. The van der Waals surface area contributed by atoms with Crippen molar-refractivity contribution in [3.63, 3.8) is 0 Å². The summed E-state index contributed by atoms with van der Waals surface area (Å²) in [6.07, 6.45) is 13.6. The molecular weight excluding hydrogens is 327 g/mol. The lowest BCUT2D eigenvalue weighted by molar-refractivity contribution is 0.654. The van der Waals surface area contributed by atoms with E-state index in [9.17, 15) is 0 Å². The highest BCUT2D eigenvalue weighted by Gasteiger charge is 2.08. The van der Waals surface area contributed by atoms with Gasteiger partial charge < -0.3 is 0 Å². The van der Waals surface area contributed by atoms with E-state index in [-0.39, 0.29) is 0 Å². The molecule has 0 rings (SSSR count). The molecule has 0 unspecified atom stereocenters. The van der Waals surface area contributed by atoms with Crippen molar-refractivity contribution in [3.05, 3.63) is 0 Å². The Hall–Kier alpha value is 1.83. The largest absolute Gasteiger partial charge is 0.163 e. The standard InChI is InChI=1S/C14H33PS4/c1-3-5-7-9-11-13-19(15(16,17)18)14-12-10-8-6-4-2/h16-18H,3-14H2,1-2H3. The van der Waals surface area contributed by atoms with Crippen molar-refractivity contribution in [2.45, 2.75) is 78.1 Å². The maximum Gasteiger partial charge on any atom is 0.0620 e. The van der Waals surface area contributed by atoms with Gasteiger partial charge in [0.05, 0.1) is 3.64 Å². The summed E-state index contributed by atoms with van der Waals surface area (Å²) in [5.41, 5.74) is 0. The monoisotopic (exact) mass is 360 g/mol. The van der Waals surface area contributed by atoms with Crippen LogP contribution in [0.3, 0.4) is 0 Å². The third-order valence-corrected chi connectivity index (χ3v) is 14.9. The van der Waals surface area contributed by atoms with Gasteiger partial charge in [-0.3, -0.25) is 0 Å². The van der Waals surface area contributed by atoms with E-state index in [1.165, 1.54) is 75.7 Å². The molecule has 5 heteroatoms. The van der Waals surface area contributed by atoms with Crippen LogP contribution in [0, 0.1) is 0 Å². The average molecular weight is 361 g/mol. The lowest BCUT2D eigenvalue weighted by Crippen LogP contribution is -2.02. The number of hydrogen-bond donors (Lipinski definition) is 3. The molecule has 0 atom stereocenters. The quantitative estimate of drug-likeness (QED) is 0.186. The molecule has 0 aromatic rings. The van der Waals surface area contributed by atoms with Crippen LogP contribution in [0.15, 0.2) is 0 Å². The van der Waals surface area contributed by atoms with Crippen LogP contribution >= 0.6 is 40.4 Å². The van der Waals surface area contributed by atoms with Gasteiger partial charge in [-0.2, -0.15) is 10.1 Å². The minimum atomic E-state index is -1.53. The van der Waals surface area contributed by atoms with Gasteiger partial charge in [-0.1, -0.05) is 65.2 Å². The van der Waals surface area contributed by atoms with Crippen molar-refractivity contribution in [1.82, 2.24) is 0 Å². The predicted molar refractivity (Wildman–Crippen MR) is 108 cm³/mol. The molecule has 0 aromatic carbocycles. The Balaban J connectivity index is 3.93. The van der Waals surface area contributed by atoms with E-state index in [1.54, 1.807) is 0 Å². The van der Waals surface area contributed by atoms with Gasteiger partial charge in [-0.15, -0.1) is 36.7 Å². The fraction of sp³-hybridized carbons (Fsp3) is 1.00. The summed E-state index contributed by atoms with van der Waals surface area (Å²) >= 11 is 14.1. The first-order valence-electron chi connectivity index (χ1n) is 7.77. The van der Waals surface area contributed by atoms with Crippen LogP contribution in [0.1, 0.15) is 78.1 Å². The second-order valence-electron chi connectivity index (χ2n) is 5.21. The van der Waals surface area contributed by atoms with Crippen LogP contribution in [-0.2, 0) is 10.1 Å². The molecular formula is C14H33PS4. The molecule has 0 aliphatic carbocycles. The molecule has 0 aliphatic rings. The molecule has 0 N–H and O–H groups in total. The zero-order valence-corrected chi connectivity index (χ0v) is 17.1. The molecule has 0 bridgehead atoms. The molecule has 0 aliphatic heterocycles. The summed E-state index contributed by atoms with van der Waals surface area (Å²) in [5.74, 6) is 2.61. The second-order valence-corrected chi connectivity index (χ2v) is 21.8. The fourth-order valence-corrected chi connectivity index (χ4v) is 10.5. The number of thiol groups is 3. The van der Waals surface area contributed by atoms with E-state index < -0.39 is 3.64 Å². The van der Waals surface area contributed by atoms with E-state index >= 15 is 0 Å². The average Bonchev–Trinajstić information content (AvgIpc) is 2.34. The summed E-state index contributed by atoms with van der Waals surface area (Å²) in [4.78, 5) is 0. The van der Waals surface area contributed by atoms with Crippen LogP contribution in [-0.4, -0.2) is 11.5 Å². The molecule has 0 saturated heterocycles. The van der Waals surface area contributed by atoms with E-state index in [2.05, 4.69) is 50.6 Å². The van der Waals surface area contributed by atoms with Crippen LogP contribution in [0.5, 0.6) is 0 Å². The first kappa shape index (κ1) is 20.8. The van der Waals surface area contributed by atoms with Crippen molar-refractivity contribution in [2.75, 3.05) is 11.5 Å². The molecule has 0 radical (unpaired) electrons. The summed E-state index contributed by atoms with van der Waals surface area (Å²) in [6.45, 7) is 4.54. The Morgan fingerprint density at radius 3 is 1.32 bits per heavy atom. The molecule has 0 amide bonds. The van der Waals surface area contributed by atoms with Gasteiger partial charge in [0.15, 0.2) is 0 Å². The Bertz CT molecular complexity index is 236. The molecule has 0 heterocycles. The van der Waals surface area contributed by atoms with Crippen LogP contribution < -0.4 is 0 Å². The van der Waals surface area contributed by atoms with E-state index in [4.69, 9.17) is 0 Å². The molecule has 0 fully saturated rings. The van der Waals surface area contributed by atoms with Gasteiger partial charge in [0.25, 0.3) is 0 Å². The van der Waals surface area contributed by atoms with E-state index in [0.29, 0.717) is 10.1 Å². The van der Waals surface area contributed by atoms with Crippen molar-refractivity contribution < 1.29 is 0 Å². The zero-order valence-electron chi connectivity index (χ0n) is 12.7. The third-order valence-electron chi connectivity index (χ3n) is 3.31. The second kappa shape index (κ2) is 13.5. The van der Waals surface area contributed by atoms with E-state index in [1.807, 2.05) is 0 Å². The van der Waals surface area contributed by atoms with Gasteiger partial charge >= 0.3 is 0 Å². The Labute approximate surface area is 139 Å². The Morgan fingerprint density at radius 2 is 1.00 bits per heavy atom. The topological polar surface area (TPSA) is 0 Å². The molecule has 0 saturated carbocycles. The molecule has 0 nitrogen and oxygen atoms in total. The van der Waals surface area contributed by atoms with E-state index in [0.717, 1.165) is 0 Å². The third kappa shape index (κ3) is 13.2. The maximum atomic E-state index is 4.69. The first-order valence-corrected chi connectivity index (χ1v) is 15.2. The SMILES string of the molecule is CCCCCCCS(CCCCCCC)=P(S)(S)S. The van der Waals surface area contributed by atoms with Gasteiger partial charge in [0.1, 0.15) is 0 Å². The molecule has 0 spiro atoms. The fourth-order valence-electron chi connectivity index (χ4n) is 2.09.